The maximum Gasteiger partial charge on any atom is 0.419 e. The normalized spacial score (nSPS) is 11.5. The molecule has 0 aliphatic rings. The van der Waals surface area contributed by atoms with Gasteiger partial charge < -0.3 is 19.9 Å². The number of benzene rings is 2. The summed E-state index contributed by atoms with van der Waals surface area (Å²) in [7, 11) is 0. The summed E-state index contributed by atoms with van der Waals surface area (Å²) in [5.74, 6) is 0.304. The third-order valence-electron chi connectivity index (χ3n) is 5.46. The number of aromatic nitrogens is 2. The average Bonchev–Trinajstić information content (AvgIpc) is 3.16. The number of carbonyl (C=O) groups is 1. The zero-order chi connectivity index (χ0) is 25.0. The van der Waals surface area contributed by atoms with Gasteiger partial charge in [-0.25, -0.2) is 4.98 Å². The van der Waals surface area contributed by atoms with Crippen LogP contribution in [0.4, 0.5) is 19.0 Å². The van der Waals surface area contributed by atoms with E-state index in [9.17, 15) is 18.0 Å². The molecule has 2 aromatic carbocycles. The van der Waals surface area contributed by atoms with Gasteiger partial charge in [-0.05, 0) is 48.9 Å². The minimum atomic E-state index is -4.53. The molecule has 35 heavy (non-hydrogen) atoms. The predicted octanol–water partition coefficient (Wildman–Crippen LogP) is 5.28. The number of amides is 1. The summed E-state index contributed by atoms with van der Waals surface area (Å²) < 4.78 is 50.6. The fourth-order valence-corrected chi connectivity index (χ4v) is 3.60. The van der Waals surface area contributed by atoms with Crippen LogP contribution < -0.4 is 15.4 Å². The van der Waals surface area contributed by atoms with E-state index in [0.29, 0.717) is 22.8 Å². The van der Waals surface area contributed by atoms with Crippen LogP contribution in [0.2, 0.25) is 0 Å². The number of nitrogens with one attached hydrogen (secondary N) is 2. The van der Waals surface area contributed by atoms with E-state index in [4.69, 9.17) is 9.26 Å². The minimum absolute atomic E-state index is 0.0503. The lowest BCUT2D eigenvalue weighted by Crippen LogP contribution is -2.29. The van der Waals surface area contributed by atoms with Gasteiger partial charge in [0.25, 0.3) is 5.91 Å². The molecule has 2 N–H and O–H groups in total. The van der Waals surface area contributed by atoms with E-state index in [1.807, 2.05) is 31.2 Å². The first-order valence-corrected chi connectivity index (χ1v) is 10.9. The van der Waals surface area contributed by atoms with Crippen LogP contribution in [0.5, 0.6) is 5.75 Å². The molecule has 0 unspecified atom stereocenters. The van der Waals surface area contributed by atoms with Crippen molar-refractivity contribution in [3.8, 4) is 5.75 Å². The van der Waals surface area contributed by atoms with Crippen LogP contribution in [0.25, 0.3) is 10.8 Å². The van der Waals surface area contributed by atoms with Gasteiger partial charge in [0.1, 0.15) is 23.9 Å². The molecule has 0 atom stereocenters. The Balaban J connectivity index is 1.47. The Bertz CT molecular complexity index is 1330. The molecule has 0 aliphatic heterocycles. The van der Waals surface area contributed by atoms with Crippen molar-refractivity contribution in [1.29, 1.82) is 0 Å². The van der Waals surface area contributed by atoms with E-state index in [2.05, 4.69) is 20.8 Å². The lowest BCUT2D eigenvalue weighted by atomic mass is 10.1. The van der Waals surface area contributed by atoms with Crippen molar-refractivity contribution in [2.45, 2.75) is 26.6 Å². The highest BCUT2D eigenvalue weighted by molar-refractivity contribution is 6.01. The summed E-state index contributed by atoms with van der Waals surface area (Å²) in [6.45, 7) is 3.88. The van der Waals surface area contributed by atoms with Gasteiger partial charge in [-0.3, -0.25) is 4.79 Å². The van der Waals surface area contributed by atoms with Crippen molar-refractivity contribution in [2.75, 3.05) is 18.4 Å². The molecule has 0 spiro atoms. The summed E-state index contributed by atoms with van der Waals surface area (Å²) >= 11 is 0. The number of anilines is 1. The van der Waals surface area contributed by atoms with Crippen LogP contribution in [0, 0.1) is 13.8 Å². The summed E-state index contributed by atoms with van der Waals surface area (Å²) in [5, 5.41) is 11.0. The number of nitrogens with zero attached hydrogens (tertiary/aromatic N) is 2. The molecule has 0 fully saturated rings. The molecule has 10 heteroatoms. The van der Waals surface area contributed by atoms with E-state index in [1.165, 1.54) is 12.3 Å². The second-order valence-electron chi connectivity index (χ2n) is 7.87. The largest absolute Gasteiger partial charge is 0.488 e. The molecule has 2 heterocycles. The molecular weight excluding hydrogens is 461 g/mol. The number of aryl methyl sites for hydroxylation is 2. The van der Waals surface area contributed by atoms with Gasteiger partial charge in [-0.2, -0.15) is 13.2 Å². The molecule has 0 bridgehead atoms. The Labute approximate surface area is 199 Å². The van der Waals surface area contributed by atoms with E-state index >= 15 is 0 Å². The molecule has 0 saturated heterocycles. The smallest absolute Gasteiger partial charge is 0.419 e. The number of alkyl halides is 3. The summed E-state index contributed by atoms with van der Waals surface area (Å²) in [5.41, 5.74) is 0.942. The second kappa shape index (κ2) is 10.0. The highest BCUT2D eigenvalue weighted by atomic mass is 19.4. The third-order valence-corrected chi connectivity index (χ3v) is 5.46. The van der Waals surface area contributed by atoms with Crippen molar-refractivity contribution in [2.24, 2.45) is 0 Å². The Morgan fingerprint density at radius 3 is 2.49 bits per heavy atom. The van der Waals surface area contributed by atoms with Gasteiger partial charge in [-0.1, -0.05) is 29.4 Å². The number of ether oxygens (including phenoxy) is 1. The van der Waals surface area contributed by atoms with E-state index in [-0.39, 0.29) is 25.5 Å². The van der Waals surface area contributed by atoms with Crippen LogP contribution in [0.1, 0.15) is 32.9 Å². The van der Waals surface area contributed by atoms with Crippen LogP contribution in [-0.4, -0.2) is 29.1 Å². The number of halogens is 3. The van der Waals surface area contributed by atoms with Gasteiger partial charge in [0, 0.05) is 19.3 Å². The molecule has 4 rings (SSSR count). The van der Waals surface area contributed by atoms with Crippen LogP contribution in [0.3, 0.4) is 0 Å². The van der Waals surface area contributed by atoms with E-state index in [1.54, 1.807) is 19.1 Å². The number of fused-ring (bicyclic) bond motifs is 1. The molecule has 0 radical (unpaired) electrons. The maximum atomic E-state index is 13.1. The van der Waals surface area contributed by atoms with Crippen molar-refractivity contribution < 1.29 is 27.2 Å². The summed E-state index contributed by atoms with van der Waals surface area (Å²) in [6.07, 6.45) is -3.26. The highest BCUT2D eigenvalue weighted by Crippen LogP contribution is 2.33. The standard InChI is InChI=1S/C25H23F3N4O3/c1-15-20(16(2)35-32-15)14-34-22-13-18-7-4-3-6-17(18)12-19(22)24(33)31-11-10-30-23-21(25(26,27)28)8-5-9-29-23/h3-9,12-13H,10-11,14H2,1-2H3,(H,29,30)(H,31,33). The zero-order valence-electron chi connectivity index (χ0n) is 19.1. The first-order chi connectivity index (χ1) is 16.7. The van der Waals surface area contributed by atoms with Gasteiger partial charge >= 0.3 is 6.18 Å². The quantitative estimate of drug-likeness (QED) is 0.331. The summed E-state index contributed by atoms with van der Waals surface area (Å²) in [4.78, 5) is 16.8. The number of pyridine rings is 1. The third kappa shape index (κ3) is 5.53. The minimum Gasteiger partial charge on any atom is -0.488 e. The molecule has 0 saturated carbocycles. The van der Waals surface area contributed by atoms with Crippen molar-refractivity contribution in [3.63, 3.8) is 0 Å². The monoisotopic (exact) mass is 484 g/mol. The first kappa shape index (κ1) is 24.1. The lowest BCUT2D eigenvalue weighted by molar-refractivity contribution is -0.137. The zero-order valence-corrected chi connectivity index (χ0v) is 19.1. The van der Waals surface area contributed by atoms with Gasteiger partial charge in [0.05, 0.1) is 22.4 Å². The fraction of sp³-hybridized carbons (Fsp3) is 0.240. The number of rotatable bonds is 8. The molecule has 182 valence electrons. The van der Waals surface area contributed by atoms with Crippen molar-refractivity contribution >= 4 is 22.5 Å². The van der Waals surface area contributed by atoms with Crippen molar-refractivity contribution in [1.82, 2.24) is 15.5 Å². The molecule has 4 aromatic rings. The Hall–Kier alpha value is -4.08. The highest BCUT2D eigenvalue weighted by Gasteiger charge is 2.34. The maximum absolute atomic E-state index is 13.1. The second-order valence-corrected chi connectivity index (χ2v) is 7.87. The average molecular weight is 484 g/mol. The van der Waals surface area contributed by atoms with Crippen molar-refractivity contribution in [3.05, 3.63) is 82.9 Å². The molecule has 2 aromatic heterocycles. The Kier molecular flexibility index (Phi) is 6.90. The van der Waals surface area contributed by atoms with Gasteiger partial charge in [0.15, 0.2) is 0 Å². The first-order valence-electron chi connectivity index (χ1n) is 10.9. The van der Waals surface area contributed by atoms with Crippen LogP contribution in [0.15, 0.2) is 59.3 Å². The van der Waals surface area contributed by atoms with E-state index in [0.717, 1.165) is 22.4 Å². The SMILES string of the molecule is Cc1noc(C)c1COc1cc2ccccc2cc1C(=O)NCCNc1ncccc1C(F)(F)F. The molecular formula is C25H23F3N4O3. The molecule has 7 nitrogen and oxygen atoms in total. The topological polar surface area (TPSA) is 89.3 Å². The molecule has 1 amide bonds. The lowest BCUT2D eigenvalue weighted by Gasteiger charge is -2.15. The Morgan fingerprint density at radius 1 is 1.06 bits per heavy atom. The summed E-state index contributed by atoms with van der Waals surface area (Å²) in [6, 6.07) is 13.2. The van der Waals surface area contributed by atoms with E-state index < -0.39 is 17.6 Å². The van der Waals surface area contributed by atoms with Gasteiger partial charge in [0.2, 0.25) is 0 Å². The number of hydrogen-bond donors (Lipinski definition) is 2. The predicted molar refractivity (Wildman–Crippen MR) is 124 cm³/mol. The number of carbonyl (C=O) groups excluding carboxylic acids is 1. The van der Waals surface area contributed by atoms with Gasteiger partial charge in [-0.15, -0.1) is 0 Å². The Morgan fingerprint density at radius 2 is 1.80 bits per heavy atom. The fourth-order valence-electron chi connectivity index (χ4n) is 3.60. The van der Waals surface area contributed by atoms with Crippen LogP contribution in [-0.2, 0) is 12.8 Å². The van der Waals surface area contributed by atoms with Crippen LogP contribution >= 0.6 is 0 Å². The molecule has 0 aliphatic carbocycles. The number of hydrogen-bond acceptors (Lipinski definition) is 6.